The van der Waals surface area contributed by atoms with Gasteiger partial charge < -0.3 is 10.6 Å². The number of carbonyl (C=O) groups is 3. The number of aryl methyl sites for hydroxylation is 2. The number of nitrogens with zero attached hydrogens (tertiary/aromatic N) is 2. The summed E-state index contributed by atoms with van der Waals surface area (Å²) in [6.07, 6.45) is 6.97. The highest BCUT2D eigenvalue weighted by atomic mass is 32.1. The molecule has 1 aliphatic heterocycles. The van der Waals surface area contributed by atoms with Crippen molar-refractivity contribution >= 4 is 34.2 Å². The number of hydrogen-bond donors (Lipinski definition) is 2. The van der Waals surface area contributed by atoms with E-state index in [4.69, 9.17) is 0 Å². The number of hydrogen-bond acceptors (Lipinski definition) is 5. The summed E-state index contributed by atoms with van der Waals surface area (Å²) < 4.78 is 0. The van der Waals surface area contributed by atoms with Crippen LogP contribution < -0.4 is 10.6 Å². The Bertz CT molecular complexity index is 1130. The lowest BCUT2D eigenvalue weighted by Crippen LogP contribution is -2.42. The van der Waals surface area contributed by atoms with Gasteiger partial charge in [-0.2, -0.15) is 5.26 Å². The van der Waals surface area contributed by atoms with Crippen LogP contribution in [-0.4, -0.2) is 29.3 Å². The van der Waals surface area contributed by atoms with E-state index in [1.54, 1.807) is 6.92 Å². The standard InChI is InChI=1S/C25H28N4O3S/c1-3-7-16-10-12-17(13-11-16)25(2)23(31)29(24(32)28-25)15-21(30)27-22-19(14-26)18-8-5-4-6-9-20(18)33-22/h10-13H,3-9,15H2,1-2H3,(H,27,30)(H,28,32). The van der Waals surface area contributed by atoms with Gasteiger partial charge in [-0.3, -0.25) is 14.5 Å². The first-order valence-electron chi connectivity index (χ1n) is 11.5. The molecule has 1 saturated heterocycles. The molecule has 33 heavy (non-hydrogen) atoms. The Morgan fingerprint density at radius 2 is 1.94 bits per heavy atom. The number of imide groups is 1. The van der Waals surface area contributed by atoms with Crippen LogP contribution >= 0.6 is 11.3 Å². The van der Waals surface area contributed by atoms with Crippen LogP contribution in [0.4, 0.5) is 9.80 Å². The van der Waals surface area contributed by atoms with E-state index in [0.717, 1.165) is 60.3 Å². The van der Waals surface area contributed by atoms with Gasteiger partial charge >= 0.3 is 6.03 Å². The summed E-state index contributed by atoms with van der Waals surface area (Å²) in [6.45, 7) is 3.36. The molecule has 0 spiro atoms. The fourth-order valence-corrected chi connectivity index (χ4v) is 5.84. The van der Waals surface area contributed by atoms with E-state index < -0.39 is 29.9 Å². The van der Waals surface area contributed by atoms with Gasteiger partial charge in [-0.15, -0.1) is 11.3 Å². The Morgan fingerprint density at radius 3 is 2.64 bits per heavy atom. The number of nitrogens with one attached hydrogen (secondary N) is 2. The van der Waals surface area contributed by atoms with Crippen molar-refractivity contribution in [2.45, 2.75) is 64.3 Å². The van der Waals surface area contributed by atoms with E-state index in [-0.39, 0.29) is 0 Å². The third-order valence-corrected chi connectivity index (χ3v) is 7.64. The fourth-order valence-electron chi connectivity index (χ4n) is 4.59. The van der Waals surface area contributed by atoms with Gasteiger partial charge in [-0.25, -0.2) is 4.79 Å². The fraction of sp³-hybridized carbons (Fsp3) is 0.440. The van der Waals surface area contributed by atoms with Crippen LogP contribution in [0.3, 0.4) is 0 Å². The lowest BCUT2D eigenvalue weighted by atomic mass is 9.91. The first-order chi connectivity index (χ1) is 15.9. The average molecular weight is 465 g/mol. The molecule has 0 saturated carbocycles. The molecular formula is C25H28N4O3S. The molecule has 1 atom stereocenters. The van der Waals surface area contributed by atoms with Gasteiger partial charge in [-0.1, -0.05) is 44.0 Å². The number of rotatable bonds is 6. The minimum Gasteiger partial charge on any atom is -0.319 e. The van der Waals surface area contributed by atoms with Crippen molar-refractivity contribution in [2.24, 2.45) is 0 Å². The van der Waals surface area contributed by atoms with Crippen molar-refractivity contribution in [3.63, 3.8) is 0 Å². The van der Waals surface area contributed by atoms with Gasteiger partial charge in [0.05, 0.1) is 5.56 Å². The predicted octanol–water partition coefficient (Wildman–Crippen LogP) is 4.25. The molecule has 2 aromatic rings. The third kappa shape index (κ3) is 4.38. The second kappa shape index (κ2) is 9.36. The first-order valence-corrected chi connectivity index (χ1v) is 12.3. The molecule has 1 fully saturated rings. The highest BCUT2D eigenvalue weighted by molar-refractivity contribution is 7.16. The molecule has 1 aliphatic carbocycles. The van der Waals surface area contributed by atoms with E-state index in [0.29, 0.717) is 16.1 Å². The van der Waals surface area contributed by atoms with Crippen LogP contribution in [0.2, 0.25) is 0 Å². The number of amides is 4. The molecule has 1 aromatic carbocycles. The average Bonchev–Trinajstić information content (AvgIpc) is 3.10. The summed E-state index contributed by atoms with van der Waals surface area (Å²) in [7, 11) is 0. The number of anilines is 1. The number of carbonyl (C=O) groups excluding carboxylic acids is 3. The van der Waals surface area contributed by atoms with Crippen LogP contribution in [0.25, 0.3) is 0 Å². The number of fused-ring (bicyclic) bond motifs is 1. The molecule has 4 rings (SSSR count). The Morgan fingerprint density at radius 1 is 1.21 bits per heavy atom. The van der Waals surface area contributed by atoms with Crippen LogP contribution in [0, 0.1) is 11.3 Å². The quantitative estimate of drug-likeness (QED) is 0.493. The zero-order chi connectivity index (χ0) is 23.6. The second-order valence-corrected chi connectivity index (χ2v) is 9.93. The molecule has 7 nitrogen and oxygen atoms in total. The van der Waals surface area contributed by atoms with Crippen molar-refractivity contribution in [1.82, 2.24) is 10.2 Å². The zero-order valence-corrected chi connectivity index (χ0v) is 19.8. The van der Waals surface area contributed by atoms with Crippen LogP contribution in [0.1, 0.15) is 66.7 Å². The van der Waals surface area contributed by atoms with Crippen molar-refractivity contribution in [3.05, 3.63) is 51.4 Å². The monoisotopic (exact) mass is 464 g/mol. The Balaban J connectivity index is 1.48. The molecule has 0 bridgehead atoms. The summed E-state index contributed by atoms with van der Waals surface area (Å²) in [6, 6.07) is 9.26. The summed E-state index contributed by atoms with van der Waals surface area (Å²) in [5, 5.41) is 15.7. The maximum absolute atomic E-state index is 13.2. The third-order valence-electron chi connectivity index (χ3n) is 6.43. The van der Waals surface area contributed by atoms with Gasteiger partial charge in [0.15, 0.2) is 0 Å². The van der Waals surface area contributed by atoms with E-state index in [1.807, 2.05) is 24.3 Å². The predicted molar refractivity (Wildman–Crippen MR) is 127 cm³/mol. The maximum Gasteiger partial charge on any atom is 0.325 e. The molecule has 1 unspecified atom stereocenters. The molecule has 172 valence electrons. The summed E-state index contributed by atoms with van der Waals surface area (Å²) in [5.74, 6) is -0.956. The largest absolute Gasteiger partial charge is 0.325 e. The van der Waals surface area contributed by atoms with Crippen LogP contribution in [0.5, 0.6) is 0 Å². The SMILES string of the molecule is CCCc1ccc(C2(C)NC(=O)N(CC(=O)Nc3sc4c(c3C#N)CCCCC4)C2=O)cc1. The van der Waals surface area contributed by atoms with Gasteiger partial charge in [0.1, 0.15) is 23.2 Å². The van der Waals surface area contributed by atoms with Crippen molar-refractivity contribution < 1.29 is 14.4 Å². The highest BCUT2D eigenvalue weighted by Gasteiger charge is 2.49. The smallest absolute Gasteiger partial charge is 0.319 e. The number of nitriles is 1. The van der Waals surface area contributed by atoms with Crippen LogP contribution in [-0.2, 0) is 34.4 Å². The molecular weight excluding hydrogens is 436 g/mol. The Labute approximate surface area is 197 Å². The van der Waals surface area contributed by atoms with Crippen molar-refractivity contribution in [3.8, 4) is 6.07 Å². The highest BCUT2D eigenvalue weighted by Crippen LogP contribution is 2.37. The summed E-state index contributed by atoms with van der Waals surface area (Å²) in [4.78, 5) is 40.7. The number of thiophene rings is 1. The van der Waals surface area contributed by atoms with Gasteiger partial charge in [0, 0.05) is 4.88 Å². The zero-order valence-electron chi connectivity index (χ0n) is 19.0. The first kappa shape index (κ1) is 23.0. The lowest BCUT2D eigenvalue weighted by Gasteiger charge is -2.22. The molecule has 2 aliphatic rings. The Kier molecular flexibility index (Phi) is 6.52. The lowest BCUT2D eigenvalue weighted by molar-refractivity contribution is -0.133. The van der Waals surface area contributed by atoms with E-state index >= 15 is 0 Å². The molecule has 2 heterocycles. The van der Waals surface area contributed by atoms with E-state index in [9.17, 15) is 19.6 Å². The molecule has 1 aromatic heterocycles. The normalized spacial score (nSPS) is 20.1. The summed E-state index contributed by atoms with van der Waals surface area (Å²) >= 11 is 1.43. The topological polar surface area (TPSA) is 102 Å². The number of urea groups is 1. The minimum absolute atomic E-state index is 0.401. The summed E-state index contributed by atoms with van der Waals surface area (Å²) in [5.41, 5.74) is 2.17. The van der Waals surface area contributed by atoms with Gasteiger partial charge in [-0.05, 0) is 55.7 Å². The van der Waals surface area contributed by atoms with Crippen LogP contribution in [0.15, 0.2) is 24.3 Å². The molecule has 2 N–H and O–H groups in total. The molecule has 8 heteroatoms. The molecule has 4 amide bonds. The van der Waals surface area contributed by atoms with Crippen molar-refractivity contribution in [1.29, 1.82) is 5.26 Å². The van der Waals surface area contributed by atoms with E-state index in [2.05, 4.69) is 23.6 Å². The van der Waals surface area contributed by atoms with Crippen molar-refractivity contribution in [2.75, 3.05) is 11.9 Å². The number of benzene rings is 1. The van der Waals surface area contributed by atoms with E-state index in [1.165, 1.54) is 16.9 Å². The Hall–Kier alpha value is -3.18. The maximum atomic E-state index is 13.2. The van der Waals surface area contributed by atoms with Gasteiger partial charge in [0.25, 0.3) is 5.91 Å². The second-order valence-electron chi connectivity index (χ2n) is 8.82. The minimum atomic E-state index is -1.22. The molecule has 0 radical (unpaired) electrons. The van der Waals surface area contributed by atoms with Gasteiger partial charge in [0.2, 0.25) is 5.91 Å².